The fourth-order valence-electron chi connectivity index (χ4n) is 4.91. The van der Waals surface area contributed by atoms with Crippen LogP contribution in [0.5, 0.6) is 11.5 Å². The lowest BCUT2D eigenvalue weighted by molar-refractivity contribution is 0.162. The Morgan fingerprint density at radius 2 is 1.51 bits per heavy atom. The molecule has 0 unspecified atom stereocenters. The summed E-state index contributed by atoms with van der Waals surface area (Å²) in [6.45, 7) is 3.45. The third kappa shape index (κ3) is 6.37. The van der Waals surface area contributed by atoms with E-state index in [1.807, 2.05) is 24.3 Å². The van der Waals surface area contributed by atoms with Gasteiger partial charge in [0.1, 0.15) is 11.6 Å². The molecular formula is C29H30F2N2O2. The van der Waals surface area contributed by atoms with Crippen molar-refractivity contribution >= 4 is 0 Å². The van der Waals surface area contributed by atoms with E-state index in [4.69, 9.17) is 14.7 Å². The van der Waals surface area contributed by atoms with Crippen molar-refractivity contribution in [2.24, 2.45) is 5.92 Å². The minimum atomic E-state index is -0.248. The molecule has 4 rings (SSSR count). The number of hydrogen-bond donors (Lipinski definition) is 0. The van der Waals surface area contributed by atoms with Gasteiger partial charge in [-0.05, 0) is 85.8 Å². The predicted octanol–water partition coefficient (Wildman–Crippen LogP) is 6.16. The van der Waals surface area contributed by atoms with E-state index in [1.54, 1.807) is 25.3 Å². The van der Waals surface area contributed by atoms with Gasteiger partial charge in [-0.1, -0.05) is 24.3 Å². The molecule has 1 heterocycles. The molecule has 0 N–H and O–H groups in total. The number of methoxy groups -OCH3 is 1. The summed E-state index contributed by atoms with van der Waals surface area (Å²) in [5.74, 6) is 1.24. The van der Waals surface area contributed by atoms with Crippen LogP contribution in [0.1, 0.15) is 41.9 Å². The first-order valence-corrected chi connectivity index (χ1v) is 12.0. The molecule has 1 saturated heterocycles. The highest BCUT2D eigenvalue weighted by atomic mass is 19.1. The second-order valence-electron chi connectivity index (χ2n) is 8.94. The number of ether oxygens (including phenoxy) is 2. The third-order valence-electron chi connectivity index (χ3n) is 6.73. The Morgan fingerprint density at radius 1 is 0.914 bits per heavy atom. The summed E-state index contributed by atoms with van der Waals surface area (Å²) in [5.41, 5.74) is 2.68. The molecule has 1 aliphatic heterocycles. The molecule has 0 aromatic heterocycles. The highest BCUT2D eigenvalue weighted by Crippen LogP contribution is 2.38. The molecule has 0 atom stereocenters. The second-order valence-corrected chi connectivity index (χ2v) is 8.94. The maximum absolute atomic E-state index is 13.5. The van der Waals surface area contributed by atoms with Gasteiger partial charge in [-0.2, -0.15) is 5.26 Å². The minimum absolute atomic E-state index is 0.116. The molecule has 3 aromatic rings. The lowest BCUT2D eigenvalue weighted by Gasteiger charge is -2.36. The number of piperidine rings is 1. The number of nitriles is 1. The third-order valence-corrected chi connectivity index (χ3v) is 6.73. The van der Waals surface area contributed by atoms with Crippen LogP contribution >= 0.6 is 0 Å². The number of benzene rings is 3. The van der Waals surface area contributed by atoms with Gasteiger partial charge in [-0.25, -0.2) is 8.78 Å². The fraction of sp³-hybridized carbons (Fsp3) is 0.345. The molecule has 182 valence electrons. The van der Waals surface area contributed by atoms with E-state index in [9.17, 15) is 8.78 Å². The van der Waals surface area contributed by atoms with Crippen molar-refractivity contribution in [3.8, 4) is 17.6 Å². The Hall–Kier alpha value is -3.43. The Kier molecular flexibility index (Phi) is 8.33. The van der Waals surface area contributed by atoms with Gasteiger partial charge in [0.2, 0.25) is 0 Å². The molecule has 0 amide bonds. The molecule has 1 fully saturated rings. The number of rotatable bonds is 9. The summed E-state index contributed by atoms with van der Waals surface area (Å²) in [6.07, 6.45) is 2.92. The van der Waals surface area contributed by atoms with Crippen LogP contribution in [-0.2, 0) is 0 Å². The molecule has 6 heteroatoms. The highest BCUT2D eigenvalue weighted by molar-refractivity contribution is 5.46. The Balaban J connectivity index is 1.31. The van der Waals surface area contributed by atoms with Crippen molar-refractivity contribution in [3.05, 3.63) is 95.1 Å². The van der Waals surface area contributed by atoms with Crippen LogP contribution in [0.2, 0.25) is 0 Å². The summed E-state index contributed by atoms with van der Waals surface area (Å²) >= 11 is 0. The van der Waals surface area contributed by atoms with E-state index in [-0.39, 0.29) is 17.6 Å². The van der Waals surface area contributed by atoms with Gasteiger partial charge in [-0.15, -0.1) is 0 Å². The van der Waals surface area contributed by atoms with Crippen molar-refractivity contribution in [2.45, 2.75) is 25.2 Å². The summed E-state index contributed by atoms with van der Waals surface area (Å²) in [4.78, 5) is 2.45. The standard InChI is InChI=1S/C29H30F2N2O2/c1-34-28-19-21(20-32)3-12-27(28)35-18-2-15-33-16-13-24(14-17-33)29(22-4-8-25(30)9-5-22)23-6-10-26(31)11-7-23/h3-12,19,24,29H,2,13-18H2,1H3. The van der Waals surface area contributed by atoms with Gasteiger partial charge in [0, 0.05) is 18.5 Å². The first-order valence-electron chi connectivity index (χ1n) is 12.0. The van der Waals surface area contributed by atoms with E-state index < -0.39 is 0 Å². The summed E-state index contributed by atoms with van der Waals surface area (Å²) in [5, 5.41) is 9.03. The SMILES string of the molecule is COc1cc(C#N)ccc1OCCCN1CCC(C(c2ccc(F)cc2)c2ccc(F)cc2)CC1. The topological polar surface area (TPSA) is 45.5 Å². The molecule has 0 spiro atoms. The first kappa shape index (κ1) is 24.7. The molecule has 3 aromatic carbocycles. The van der Waals surface area contributed by atoms with E-state index in [2.05, 4.69) is 11.0 Å². The van der Waals surface area contributed by atoms with Gasteiger partial charge >= 0.3 is 0 Å². The average molecular weight is 477 g/mol. The lowest BCUT2D eigenvalue weighted by Crippen LogP contribution is -2.36. The van der Waals surface area contributed by atoms with Crippen LogP contribution in [0.15, 0.2) is 66.7 Å². The molecule has 35 heavy (non-hydrogen) atoms. The Labute approximate surface area is 205 Å². The van der Waals surface area contributed by atoms with Crippen LogP contribution < -0.4 is 9.47 Å². The van der Waals surface area contributed by atoms with Crippen LogP contribution in [0.3, 0.4) is 0 Å². The second kappa shape index (κ2) is 11.8. The maximum Gasteiger partial charge on any atom is 0.162 e. The molecule has 0 aliphatic carbocycles. The van der Waals surface area contributed by atoms with Crippen molar-refractivity contribution in [2.75, 3.05) is 33.4 Å². The molecule has 0 bridgehead atoms. The number of likely N-dealkylation sites (tertiary alicyclic amines) is 1. The van der Waals surface area contributed by atoms with Crippen molar-refractivity contribution < 1.29 is 18.3 Å². The molecule has 0 radical (unpaired) electrons. The lowest BCUT2D eigenvalue weighted by atomic mass is 9.76. The highest BCUT2D eigenvalue weighted by Gasteiger charge is 2.29. The van der Waals surface area contributed by atoms with Crippen LogP contribution in [0.4, 0.5) is 8.78 Å². The summed E-state index contributed by atoms with van der Waals surface area (Å²) < 4.78 is 38.3. The normalized spacial score (nSPS) is 14.6. The van der Waals surface area contributed by atoms with E-state index in [0.717, 1.165) is 50.0 Å². The number of halogens is 2. The monoisotopic (exact) mass is 476 g/mol. The molecule has 1 aliphatic rings. The zero-order chi connectivity index (χ0) is 24.6. The molecule has 4 nitrogen and oxygen atoms in total. The maximum atomic E-state index is 13.5. The molecular weight excluding hydrogens is 446 g/mol. The number of nitrogens with zero attached hydrogens (tertiary/aromatic N) is 2. The van der Waals surface area contributed by atoms with Crippen LogP contribution in [0.25, 0.3) is 0 Å². The average Bonchev–Trinajstić information content (AvgIpc) is 2.89. The van der Waals surface area contributed by atoms with Crippen molar-refractivity contribution in [1.29, 1.82) is 5.26 Å². The fourth-order valence-corrected chi connectivity index (χ4v) is 4.91. The van der Waals surface area contributed by atoms with Crippen molar-refractivity contribution in [1.82, 2.24) is 4.90 Å². The van der Waals surface area contributed by atoms with Crippen LogP contribution in [0, 0.1) is 28.9 Å². The predicted molar refractivity (Wildman–Crippen MR) is 132 cm³/mol. The van der Waals surface area contributed by atoms with Gasteiger partial charge in [0.15, 0.2) is 11.5 Å². The van der Waals surface area contributed by atoms with Gasteiger partial charge in [0.05, 0.1) is 25.3 Å². The smallest absolute Gasteiger partial charge is 0.162 e. The Bertz CT molecular complexity index is 1090. The number of hydrogen-bond acceptors (Lipinski definition) is 4. The largest absolute Gasteiger partial charge is 0.493 e. The van der Waals surface area contributed by atoms with Gasteiger partial charge in [-0.3, -0.25) is 0 Å². The Morgan fingerprint density at radius 3 is 2.06 bits per heavy atom. The van der Waals surface area contributed by atoms with E-state index >= 15 is 0 Å². The van der Waals surface area contributed by atoms with Gasteiger partial charge in [0.25, 0.3) is 0 Å². The minimum Gasteiger partial charge on any atom is -0.493 e. The summed E-state index contributed by atoms with van der Waals surface area (Å²) in [6, 6.07) is 20.7. The zero-order valence-electron chi connectivity index (χ0n) is 19.9. The van der Waals surface area contributed by atoms with Crippen LogP contribution in [-0.4, -0.2) is 38.3 Å². The zero-order valence-corrected chi connectivity index (χ0v) is 19.9. The first-order chi connectivity index (χ1) is 17.1. The van der Waals surface area contributed by atoms with E-state index in [1.165, 1.54) is 24.3 Å². The van der Waals surface area contributed by atoms with Gasteiger partial charge < -0.3 is 14.4 Å². The van der Waals surface area contributed by atoms with Crippen molar-refractivity contribution in [3.63, 3.8) is 0 Å². The quantitative estimate of drug-likeness (QED) is 0.347. The molecule has 0 saturated carbocycles. The van der Waals surface area contributed by atoms with E-state index in [0.29, 0.717) is 29.6 Å². The summed E-state index contributed by atoms with van der Waals surface area (Å²) in [7, 11) is 1.57.